The van der Waals surface area contributed by atoms with E-state index in [-0.39, 0.29) is 0 Å². The summed E-state index contributed by atoms with van der Waals surface area (Å²) in [6.45, 7) is 1.83. The molecule has 2 aromatic heterocycles. The molecule has 3 aromatic rings. The number of para-hydroxylation sites is 1. The van der Waals surface area contributed by atoms with Crippen LogP contribution in [0.4, 0.5) is 5.69 Å². The van der Waals surface area contributed by atoms with Gasteiger partial charge in [0, 0.05) is 47.4 Å². The number of aromatic nitrogens is 2. The minimum atomic E-state index is 0.602. The van der Waals surface area contributed by atoms with Gasteiger partial charge in [-0.05, 0) is 18.9 Å². The number of hydrogen-bond donors (Lipinski definition) is 1. The summed E-state index contributed by atoms with van der Waals surface area (Å²) < 4.78 is 5.28. The maximum atomic E-state index is 6.58. The van der Waals surface area contributed by atoms with Crippen LogP contribution in [-0.4, -0.2) is 28.0 Å². The molecule has 0 amide bonds. The molecular weight excluding hydrogens is 324 g/mol. The SMILES string of the molecule is COc1cccc(-c2cccc3c(N)c4c(nc23)CN(C2CCC2)C4)n1. The Bertz CT molecular complexity index is 997. The van der Waals surface area contributed by atoms with Gasteiger partial charge in [-0.25, -0.2) is 4.98 Å². The summed E-state index contributed by atoms with van der Waals surface area (Å²) in [4.78, 5) is 12.2. The zero-order valence-electron chi connectivity index (χ0n) is 14.9. The number of methoxy groups -OCH3 is 1. The van der Waals surface area contributed by atoms with Crippen LogP contribution in [-0.2, 0) is 13.1 Å². The molecule has 0 bridgehead atoms. The molecule has 5 heteroatoms. The van der Waals surface area contributed by atoms with Crippen LogP contribution in [0, 0.1) is 0 Å². The van der Waals surface area contributed by atoms with E-state index < -0.39 is 0 Å². The number of hydrogen-bond acceptors (Lipinski definition) is 5. The zero-order valence-corrected chi connectivity index (χ0v) is 14.9. The van der Waals surface area contributed by atoms with Gasteiger partial charge in [-0.15, -0.1) is 0 Å². The van der Waals surface area contributed by atoms with Crippen LogP contribution in [0.5, 0.6) is 5.88 Å². The zero-order chi connectivity index (χ0) is 17.7. The first-order valence-corrected chi connectivity index (χ1v) is 9.20. The number of nitrogens with zero attached hydrogens (tertiary/aromatic N) is 3. The van der Waals surface area contributed by atoms with Gasteiger partial charge in [-0.1, -0.05) is 30.7 Å². The Labute approximate surface area is 152 Å². The van der Waals surface area contributed by atoms with Crippen molar-refractivity contribution >= 4 is 16.6 Å². The quantitative estimate of drug-likeness (QED) is 0.782. The fraction of sp³-hybridized carbons (Fsp3) is 0.333. The van der Waals surface area contributed by atoms with Crippen LogP contribution in [0.15, 0.2) is 36.4 Å². The number of fused-ring (bicyclic) bond motifs is 2. The van der Waals surface area contributed by atoms with Crippen LogP contribution in [0.1, 0.15) is 30.5 Å². The van der Waals surface area contributed by atoms with Gasteiger partial charge in [0.2, 0.25) is 5.88 Å². The van der Waals surface area contributed by atoms with Gasteiger partial charge >= 0.3 is 0 Å². The van der Waals surface area contributed by atoms with E-state index in [4.69, 9.17) is 15.5 Å². The van der Waals surface area contributed by atoms with Crippen molar-refractivity contribution < 1.29 is 4.74 Å². The molecule has 0 radical (unpaired) electrons. The summed E-state index contributed by atoms with van der Waals surface area (Å²) in [7, 11) is 1.63. The Balaban J connectivity index is 1.65. The third kappa shape index (κ3) is 2.35. The summed E-state index contributed by atoms with van der Waals surface area (Å²) in [5.74, 6) is 0.602. The first-order chi connectivity index (χ1) is 12.7. The van der Waals surface area contributed by atoms with E-state index in [9.17, 15) is 0 Å². The maximum absolute atomic E-state index is 6.58. The first kappa shape index (κ1) is 15.6. The highest BCUT2D eigenvalue weighted by atomic mass is 16.5. The van der Waals surface area contributed by atoms with Gasteiger partial charge in [0.05, 0.1) is 24.0 Å². The topological polar surface area (TPSA) is 64.3 Å². The summed E-state index contributed by atoms with van der Waals surface area (Å²) >= 11 is 0. The van der Waals surface area contributed by atoms with Crippen molar-refractivity contribution in [3.05, 3.63) is 47.7 Å². The molecule has 1 saturated carbocycles. The van der Waals surface area contributed by atoms with Gasteiger partial charge in [-0.2, -0.15) is 0 Å². The van der Waals surface area contributed by atoms with E-state index in [1.54, 1.807) is 7.11 Å². The third-order valence-electron chi connectivity index (χ3n) is 5.76. The van der Waals surface area contributed by atoms with Crippen LogP contribution in [0.25, 0.3) is 22.2 Å². The van der Waals surface area contributed by atoms with E-state index in [0.717, 1.165) is 46.6 Å². The van der Waals surface area contributed by atoms with Crippen LogP contribution < -0.4 is 10.5 Å². The lowest BCUT2D eigenvalue weighted by atomic mass is 9.92. The molecule has 1 aromatic carbocycles. The van der Waals surface area contributed by atoms with Gasteiger partial charge in [-0.3, -0.25) is 9.88 Å². The van der Waals surface area contributed by atoms with Crippen molar-refractivity contribution in [3.8, 4) is 17.1 Å². The Hall–Kier alpha value is -2.66. The van der Waals surface area contributed by atoms with Crippen molar-refractivity contribution in [2.75, 3.05) is 12.8 Å². The third-order valence-corrected chi connectivity index (χ3v) is 5.76. The highest BCUT2D eigenvalue weighted by molar-refractivity contribution is 6.00. The molecule has 0 saturated heterocycles. The van der Waals surface area contributed by atoms with Gasteiger partial charge < -0.3 is 10.5 Å². The molecule has 2 aliphatic rings. The van der Waals surface area contributed by atoms with E-state index in [0.29, 0.717) is 11.9 Å². The number of rotatable bonds is 3. The fourth-order valence-corrected chi connectivity index (χ4v) is 4.06. The van der Waals surface area contributed by atoms with Crippen LogP contribution in [0.3, 0.4) is 0 Å². The van der Waals surface area contributed by atoms with Crippen molar-refractivity contribution in [1.82, 2.24) is 14.9 Å². The maximum Gasteiger partial charge on any atom is 0.213 e. The molecule has 0 unspecified atom stereocenters. The predicted octanol–water partition coefficient (Wildman–Crippen LogP) is 3.76. The molecule has 1 aliphatic heterocycles. The van der Waals surface area contributed by atoms with Gasteiger partial charge in [0.1, 0.15) is 0 Å². The van der Waals surface area contributed by atoms with Crippen molar-refractivity contribution in [2.45, 2.75) is 38.4 Å². The van der Waals surface area contributed by atoms with Crippen LogP contribution in [0.2, 0.25) is 0 Å². The Kier molecular flexibility index (Phi) is 3.57. The number of nitrogens with two attached hydrogens (primary N) is 1. The fourth-order valence-electron chi connectivity index (χ4n) is 4.06. The normalized spacial score (nSPS) is 17.3. The Morgan fingerprint density at radius 2 is 1.92 bits per heavy atom. The molecule has 2 N–H and O–H groups in total. The largest absolute Gasteiger partial charge is 0.481 e. The molecule has 1 fully saturated rings. The smallest absolute Gasteiger partial charge is 0.213 e. The Morgan fingerprint density at radius 1 is 1.08 bits per heavy atom. The highest BCUT2D eigenvalue weighted by Gasteiger charge is 2.32. The number of pyridine rings is 2. The summed E-state index contributed by atoms with van der Waals surface area (Å²) in [5, 5.41) is 1.02. The van der Waals surface area contributed by atoms with Gasteiger partial charge in [0.15, 0.2) is 0 Å². The van der Waals surface area contributed by atoms with E-state index in [1.165, 1.54) is 24.8 Å². The molecule has 5 rings (SSSR count). The predicted molar refractivity (Wildman–Crippen MR) is 103 cm³/mol. The summed E-state index contributed by atoms with van der Waals surface area (Å²) in [6, 6.07) is 12.6. The molecule has 132 valence electrons. The lowest BCUT2D eigenvalue weighted by Gasteiger charge is -2.34. The summed E-state index contributed by atoms with van der Waals surface area (Å²) in [5.41, 5.74) is 12.6. The van der Waals surface area contributed by atoms with Gasteiger partial charge in [0.25, 0.3) is 0 Å². The van der Waals surface area contributed by atoms with Crippen molar-refractivity contribution in [2.24, 2.45) is 0 Å². The second-order valence-electron chi connectivity index (χ2n) is 7.21. The van der Waals surface area contributed by atoms with E-state index >= 15 is 0 Å². The number of nitrogen functional groups attached to an aromatic ring is 1. The lowest BCUT2D eigenvalue weighted by Crippen LogP contribution is -2.36. The van der Waals surface area contributed by atoms with Crippen molar-refractivity contribution in [3.63, 3.8) is 0 Å². The molecular formula is C21H22N4O. The van der Waals surface area contributed by atoms with E-state index in [2.05, 4.69) is 22.0 Å². The number of anilines is 1. The summed E-state index contributed by atoms with van der Waals surface area (Å²) in [6.07, 6.45) is 3.94. The standard InChI is InChI=1S/C21H22N4O/c1-26-19-10-4-9-17(23-19)14-7-3-8-15-20(22)16-11-25(13-5-2-6-13)12-18(16)24-21(14)15/h3-4,7-10,13H,2,5-6,11-12H2,1H3,(H2,22,24). The molecule has 3 heterocycles. The second-order valence-corrected chi connectivity index (χ2v) is 7.21. The molecule has 26 heavy (non-hydrogen) atoms. The first-order valence-electron chi connectivity index (χ1n) is 9.20. The monoisotopic (exact) mass is 346 g/mol. The molecule has 1 aliphatic carbocycles. The minimum Gasteiger partial charge on any atom is -0.481 e. The minimum absolute atomic E-state index is 0.602. The number of ether oxygens (including phenoxy) is 1. The Morgan fingerprint density at radius 3 is 2.69 bits per heavy atom. The van der Waals surface area contributed by atoms with Crippen molar-refractivity contribution in [1.29, 1.82) is 0 Å². The molecule has 5 nitrogen and oxygen atoms in total. The lowest BCUT2D eigenvalue weighted by molar-refractivity contribution is 0.126. The second kappa shape index (κ2) is 5.95. The molecule has 0 spiro atoms. The van der Waals surface area contributed by atoms with Crippen LogP contribution >= 0.6 is 0 Å². The number of benzene rings is 1. The van der Waals surface area contributed by atoms with E-state index in [1.807, 2.05) is 24.3 Å². The average Bonchev–Trinajstić information content (AvgIpc) is 3.03. The average molecular weight is 346 g/mol. The molecule has 0 atom stereocenters. The highest BCUT2D eigenvalue weighted by Crippen LogP contribution is 2.39.